The summed E-state index contributed by atoms with van der Waals surface area (Å²) in [5.74, 6) is 0.916. The van der Waals surface area contributed by atoms with Crippen molar-refractivity contribution in [3.63, 3.8) is 0 Å². The smallest absolute Gasteiger partial charge is 0.0698 e. The maximum absolute atomic E-state index is 6.54. The number of hydrogen-bond donors (Lipinski definition) is 1. The summed E-state index contributed by atoms with van der Waals surface area (Å²) in [7, 11) is 0. The van der Waals surface area contributed by atoms with Crippen LogP contribution in [0.2, 0.25) is 0 Å². The Morgan fingerprint density at radius 2 is 1.74 bits per heavy atom. The van der Waals surface area contributed by atoms with Crippen molar-refractivity contribution in [3.05, 3.63) is 0 Å². The van der Waals surface area contributed by atoms with Gasteiger partial charge in [0.1, 0.15) is 0 Å². The van der Waals surface area contributed by atoms with Gasteiger partial charge in [-0.2, -0.15) is 0 Å². The van der Waals surface area contributed by atoms with E-state index in [1.165, 1.54) is 51.4 Å². The van der Waals surface area contributed by atoms with Gasteiger partial charge in [0.2, 0.25) is 0 Å². The van der Waals surface area contributed by atoms with Crippen LogP contribution < -0.4 is 5.32 Å². The second-order valence-corrected chi connectivity index (χ2v) is 7.96. The van der Waals surface area contributed by atoms with Crippen molar-refractivity contribution in [3.8, 4) is 0 Å². The van der Waals surface area contributed by atoms with E-state index in [1.54, 1.807) is 0 Å². The summed E-state index contributed by atoms with van der Waals surface area (Å²) in [5, 5.41) is 3.61. The summed E-state index contributed by atoms with van der Waals surface area (Å²) in [6, 6.07) is 0. The van der Waals surface area contributed by atoms with Crippen LogP contribution in [0, 0.1) is 5.92 Å². The van der Waals surface area contributed by atoms with Gasteiger partial charge < -0.3 is 10.1 Å². The number of rotatable bonds is 5. The molecule has 2 heteroatoms. The second-order valence-electron chi connectivity index (χ2n) is 7.96. The first kappa shape index (κ1) is 15.3. The second kappa shape index (κ2) is 6.13. The highest BCUT2D eigenvalue weighted by Gasteiger charge is 2.40. The Labute approximate surface area is 119 Å². The first-order valence-electron chi connectivity index (χ1n) is 8.31. The topological polar surface area (TPSA) is 21.3 Å². The number of hydrogen-bond acceptors (Lipinski definition) is 2. The summed E-state index contributed by atoms with van der Waals surface area (Å²) >= 11 is 0. The number of ether oxygens (including phenoxy) is 1. The minimum Gasteiger partial charge on any atom is -0.372 e. The fourth-order valence-electron chi connectivity index (χ4n) is 3.36. The van der Waals surface area contributed by atoms with Gasteiger partial charge in [0.15, 0.2) is 0 Å². The molecule has 2 aliphatic rings. The molecule has 0 amide bonds. The van der Waals surface area contributed by atoms with E-state index in [0.717, 1.165) is 12.5 Å². The molecule has 112 valence electrons. The molecule has 19 heavy (non-hydrogen) atoms. The molecule has 0 unspecified atom stereocenters. The highest BCUT2D eigenvalue weighted by atomic mass is 16.5. The highest BCUT2D eigenvalue weighted by molar-refractivity contribution is 4.92. The Hall–Kier alpha value is -0.0800. The van der Waals surface area contributed by atoms with E-state index < -0.39 is 0 Å². The Balaban J connectivity index is 1.75. The van der Waals surface area contributed by atoms with Gasteiger partial charge in [0.25, 0.3) is 0 Å². The van der Waals surface area contributed by atoms with Crippen LogP contribution >= 0.6 is 0 Å². The van der Waals surface area contributed by atoms with Crippen LogP contribution in [0.3, 0.4) is 0 Å². The van der Waals surface area contributed by atoms with Gasteiger partial charge >= 0.3 is 0 Å². The minimum absolute atomic E-state index is 0.226. The Morgan fingerprint density at radius 1 is 1.11 bits per heavy atom. The lowest BCUT2D eigenvalue weighted by Crippen LogP contribution is -2.47. The van der Waals surface area contributed by atoms with E-state index in [-0.39, 0.29) is 11.1 Å². The lowest BCUT2D eigenvalue weighted by Gasteiger charge is -2.46. The largest absolute Gasteiger partial charge is 0.372 e. The summed E-state index contributed by atoms with van der Waals surface area (Å²) in [6.45, 7) is 10.2. The maximum atomic E-state index is 6.54. The molecule has 0 radical (unpaired) electrons. The fourth-order valence-corrected chi connectivity index (χ4v) is 3.36. The van der Waals surface area contributed by atoms with E-state index in [1.807, 2.05) is 0 Å². The predicted octanol–water partition coefficient (Wildman–Crippen LogP) is 4.28. The third-order valence-corrected chi connectivity index (χ3v) is 4.88. The van der Waals surface area contributed by atoms with Crippen LogP contribution in [0.25, 0.3) is 0 Å². The van der Waals surface area contributed by atoms with Crippen LogP contribution in [0.5, 0.6) is 0 Å². The maximum Gasteiger partial charge on any atom is 0.0698 e. The van der Waals surface area contributed by atoms with Gasteiger partial charge in [-0.05, 0) is 84.6 Å². The Morgan fingerprint density at radius 3 is 2.21 bits per heavy atom. The monoisotopic (exact) mass is 267 g/mol. The molecule has 1 N–H and O–H groups in total. The van der Waals surface area contributed by atoms with Crippen molar-refractivity contribution in [2.24, 2.45) is 5.92 Å². The van der Waals surface area contributed by atoms with Gasteiger partial charge in [0, 0.05) is 5.54 Å². The molecule has 0 atom stereocenters. The van der Waals surface area contributed by atoms with Gasteiger partial charge in [-0.1, -0.05) is 6.92 Å². The van der Waals surface area contributed by atoms with Crippen LogP contribution in [0.15, 0.2) is 0 Å². The molecule has 0 aromatic heterocycles. The van der Waals surface area contributed by atoms with Crippen molar-refractivity contribution < 1.29 is 4.74 Å². The predicted molar refractivity (Wildman–Crippen MR) is 81.5 cm³/mol. The zero-order valence-electron chi connectivity index (χ0n) is 13.4. The molecule has 0 bridgehead atoms. The molecule has 0 spiro atoms. The minimum atomic E-state index is 0.226. The molecule has 0 aromatic rings. The Kier molecular flexibility index (Phi) is 4.94. The Bertz CT molecular complexity index is 269. The van der Waals surface area contributed by atoms with Crippen molar-refractivity contribution in [1.29, 1.82) is 0 Å². The van der Waals surface area contributed by atoms with E-state index >= 15 is 0 Å². The molecule has 2 fully saturated rings. The number of nitrogens with one attached hydrogen (secondary N) is 1. The molecule has 2 nitrogen and oxygen atoms in total. The molecule has 0 aliphatic heterocycles. The van der Waals surface area contributed by atoms with Gasteiger partial charge in [-0.25, -0.2) is 0 Å². The molecule has 2 saturated carbocycles. The normalized spacial score (nSPS) is 30.9. The van der Waals surface area contributed by atoms with Crippen molar-refractivity contribution >= 4 is 0 Å². The first-order valence-corrected chi connectivity index (χ1v) is 8.31. The van der Waals surface area contributed by atoms with E-state index in [9.17, 15) is 0 Å². The zero-order valence-corrected chi connectivity index (χ0v) is 13.4. The van der Waals surface area contributed by atoms with Crippen molar-refractivity contribution in [2.75, 3.05) is 6.54 Å². The third-order valence-electron chi connectivity index (χ3n) is 4.88. The lowest BCUT2D eigenvalue weighted by atomic mass is 9.76. The molecule has 2 aliphatic carbocycles. The van der Waals surface area contributed by atoms with E-state index in [2.05, 4.69) is 33.0 Å². The van der Waals surface area contributed by atoms with Crippen LogP contribution in [0.4, 0.5) is 0 Å². The summed E-state index contributed by atoms with van der Waals surface area (Å²) in [6.07, 6.45) is 11.0. The highest BCUT2D eigenvalue weighted by Crippen LogP contribution is 2.41. The van der Waals surface area contributed by atoms with Crippen LogP contribution in [0.1, 0.15) is 79.1 Å². The molecule has 0 aromatic carbocycles. The lowest BCUT2D eigenvalue weighted by molar-refractivity contribution is -0.153. The van der Waals surface area contributed by atoms with Gasteiger partial charge in [-0.3, -0.25) is 0 Å². The average Bonchev–Trinajstić information content (AvgIpc) is 2.27. The molecule has 0 saturated heterocycles. The van der Waals surface area contributed by atoms with Gasteiger partial charge in [0.05, 0.1) is 11.7 Å². The van der Waals surface area contributed by atoms with E-state index in [0.29, 0.717) is 6.10 Å². The molecular weight excluding hydrogens is 234 g/mol. The molecule has 2 rings (SSSR count). The summed E-state index contributed by atoms with van der Waals surface area (Å²) in [4.78, 5) is 0. The SMILES string of the molecule is CC1CCC(OC2(CCNC(C)(C)C)CCC2)CC1. The summed E-state index contributed by atoms with van der Waals surface area (Å²) in [5.41, 5.74) is 0.453. The summed E-state index contributed by atoms with van der Waals surface area (Å²) < 4.78 is 6.54. The van der Waals surface area contributed by atoms with Crippen LogP contribution in [-0.4, -0.2) is 23.8 Å². The van der Waals surface area contributed by atoms with Crippen molar-refractivity contribution in [2.45, 2.75) is 96.3 Å². The van der Waals surface area contributed by atoms with Crippen molar-refractivity contribution in [1.82, 2.24) is 5.32 Å². The average molecular weight is 267 g/mol. The standard InChI is InChI=1S/C17H33NO/c1-14-6-8-15(9-7-14)19-17(10-5-11-17)12-13-18-16(2,3)4/h14-15,18H,5-13H2,1-4H3. The van der Waals surface area contributed by atoms with E-state index in [4.69, 9.17) is 4.74 Å². The third kappa shape index (κ3) is 4.75. The zero-order chi connectivity index (χ0) is 13.9. The van der Waals surface area contributed by atoms with Gasteiger partial charge in [-0.15, -0.1) is 0 Å². The quantitative estimate of drug-likeness (QED) is 0.802. The molecule has 0 heterocycles. The molecular formula is C17H33NO. The fraction of sp³-hybridized carbons (Fsp3) is 1.00. The first-order chi connectivity index (χ1) is 8.89. The van der Waals surface area contributed by atoms with Crippen LogP contribution in [-0.2, 0) is 4.74 Å².